The van der Waals surface area contributed by atoms with Gasteiger partial charge in [-0.05, 0) is 37.4 Å². The van der Waals surface area contributed by atoms with E-state index in [-0.39, 0.29) is 18.7 Å². The molecule has 3 aromatic rings. The largest absolute Gasteiger partial charge is 0.491 e. The summed E-state index contributed by atoms with van der Waals surface area (Å²) < 4.78 is 46.1. The maximum absolute atomic E-state index is 13.0. The summed E-state index contributed by atoms with van der Waals surface area (Å²) in [5, 5.41) is 9.46. The molecule has 0 saturated heterocycles. The van der Waals surface area contributed by atoms with Gasteiger partial charge in [0.1, 0.15) is 18.2 Å². The number of aliphatic hydroxyl groups excluding tert-OH is 1. The van der Waals surface area contributed by atoms with E-state index in [1.807, 2.05) is 0 Å². The van der Waals surface area contributed by atoms with Crippen LogP contribution in [-0.2, 0) is 6.18 Å². The number of hydrogen-bond donors (Lipinski definition) is 1. The molecular formula is C17H16F3N3O2S. The molecule has 0 aliphatic rings. The molecule has 138 valence electrons. The van der Waals surface area contributed by atoms with Crippen LogP contribution >= 0.6 is 11.8 Å². The van der Waals surface area contributed by atoms with Crippen LogP contribution in [0.15, 0.2) is 35.6 Å². The van der Waals surface area contributed by atoms with E-state index in [4.69, 9.17) is 9.84 Å². The van der Waals surface area contributed by atoms with Gasteiger partial charge in [-0.15, -0.1) is 0 Å². The van der Waals surface area contributed by atoms with Crippen molar-refractivity contribution in [3.8, 4) is 11.6 Å². The van der Waals surface area contributed by atoms with Gasteiger partial charge in [-0.1, -0.05) is 11.8 Å². The second-order valence-electron chi connectivity index (χ2n) is 5.46. The number of aliphatic hydroxyl groups is 1. The molecule has 0 atom stereocenters. The normalized spacial score (nSPS) is 11.9. The molecule has 2 heterocycles. The topological polar surface area (TPSA) is 60.2 Å². The zero-order valence-electron chi connectivity index (χ0n) is 14.0. The van der Waals surface area contributed by atoms with Crippen LogP contribution in [0.4, 0.5) is 13.2 Å². The first-order valence-electron chi connectivity index (χ1n) is 7.70. The molecule has 9 heteroatoms. The Morgan fingerprint density at radius 2 is 2.04 bits per heavy atom. The van der Waals surface area contributed by atoms with Crippen LogP contribution in [-0.4, -0.2) is 39.1 Å². The van der Waals surface area contributed by atoms with Gasteiger partial charge in [0, 0.05) is 11.8 Å². The Hall–Kier alpha value is -2.26. The summed E-state index contributed by atoms with van der Waals surface area (Å²) in [6.07, 6.45) is -1.08. The van der Waals surface area contributed by atoms with Gasteiger partial charge in [-0.2, -0.15) is 13.2 Å². The van der Waals surface area contributed by atoms with Gasteiger partial charge in [0.05, 0.1) is 23.2 Å². The summed E-state index contributed by atoms with van der Waals surface area (Å²) in [6, 6.07) is 5.14. The Bertz CT molecular complexity index is 941. The zero-order valence-corrected chi connectivity index (χ0v) is 14.9. The Labute approximate surface area is 151 Å². The van der Waals surface area contributed by atoms with Gasteiger partial charge in [0.25, 0.3) is 0 Å². The molecule has 0 unspecified atom stereocenters. The summed E-state index contributed by atoms with van der Waals surface area (Å²) in [4.78, 5) is 8.68. The first-order chi connectivity index (χ1) is 12.4. The highest BCUT2D eigenvalue weighted by molar-refractivity contribution is 7.98. The SMILES string of the molecule is CSc1nc2cc(C(F)(F)F)ccc2n1-c1nccc(OCCO)c1C. The first-order valence-corrected chi connectivity index (χ1v) is 8.92. The number of pyridine rings is 1. The fourth-order valence-electron chi connectivity index (χ4n) is 2.62. The molecule has 26 heavy (non-hydrogen) atoms. The molecule has 0 fully saturated rings. The van der Waals surface area contributed by atoms with Crippen molar-refractivity contribution in [1.29, 1.82) is 0 Å². The van der Waals surface area contributed by atoms with Crippen LogP contribution in [0.1, 0.15) is 11.1 Å². The lowest BCUT2D eigenvalue weighted by atomic mass is 10.2. The predicted octanol–water partition coefficient (Wildman–Crippen LogP) is 3.84. The van der Waals surface area contributed by atoms with Crippen LogP contribution in [0.2, 0.25) is 0 Å². The third-order valence-electron chi connectivity index (χ3n) is 3.82. The van der Waals surface area contributed by atoms with Crippen molar-refractivity contribution in [2.24, 2.45) is 0 Å². The minimum atomic E-state index is -4.43. The van der Waals surface area contributed by atoms with Gasteiger partial charge < -0.3 is 9.84 Å². The molecule has 0 amide bonds. The van der Waals surface area contributed by atoms with Gasteiger partial charge in [0.2, 0.25) is 0 Å². The third-order valence-corrected chi connectivity index (χ3v) is 4.46. The lowest BCUT2D eigenvalue weighted by Crippen LogP contribution is -2.07. The van der Waals surface area contributed by atoms with E-state index in [1.165, 1.54) is 17.8 Å². The summed E-state index contributed by atoms with van der Waals surface area (Å²) in [6.45, 7) is 1.82. The number of ether oxygens (including phenoxy) is 1. The molecule has 0 aliphatic carbocycles. The molecule has 0 radical (unpaired) electrons. The van der Waals surface area contributed by atoms with E-state index in [2.05, 4.69) is 9.97 Å². The molecule has 0 saturated carbocycles. The quantitative estimate of drug-likeness (QED) is 0.679. The number of rotatable bonds is 5. The zero-order chi connectivity index (χ0) is 18.9. The van der Waals surface area contributed by atoms with Crippen molar-refractivity contribution in [3.05, 3.63) is 41.6 Å². The third kappa shape index (κ3) is 3.36. The van der Waals surface area contributed by atoms with Crippen molar-refractivity contribution in [1.82, 2.24) is 14.5 Å². The van der Waals surface area contributed by atoms with Crippen LogP contribution in [0.25, 0.3) is 16.9 Å². The molecular weight excluding hydrogens is 367 g/mol. The fourth-order valence-corrected chi connectivity index (χ4v) is 3.18. The second kappa shape index (κ2) is 7.16. The fraction of sp³-hybridized carbons (Fsp3) is 0.294. The molecule has 0 aliphatic heterocycles. The van der Waals surface area contributed by atoms with Crippen LogP contribution < -0.4 is 4.74 Å². The van der Waals surface area contributed by atoms with E-state index in [1.54, 1.807) is 30.0 Å². The van der Waals surface area contributed by atoms with Crippen molar-refractivity contribution in [2.75, 3.05) is 19.5 Å². The Morgan fingerprint density at radius 1 is 1.27 bits per heavy atom. The number of halogens is 3. The van der Waals surface area contributed by atoms with E-state index in [0.29, 0.717) is 27.8 Å². The highest BCUT2D eigenvalue weighted by Crippen LogP contribution is 2.34. The van der Waals surface area contributed by atoms with Gasteiger partial charge in [0.15, 0.2) is 5.16 Å². The molecule has 3 rings (SSSR count). The standard InChI is InChI=1S/C17H16F3N3O2S/c1-10-14(25-8-7-24)5-6-21-15(10)23-13-4-3-11(17(18,19)20)9-12(13)22-16(23)26-2/h3-6,9,24H,7-8H2,1-2H3. The summed E-state index contributed by atoms with van der Waals surface area (Å²) >= 11 is 1.31. The van der Waals surface area contributed by atoms with E-state index in [9.17, 15) is 13.2 Å². The van der Waals surface area contributed by atoms with Crippen LogP contribution in [0, 0.1) is 6.92 Å². The Balaban J connectivity index is 2.19. The monoisotopic (exact) mass is 383 g/mol. The number of benzene rings is 1. The van der Waals surface area contributed by atoms with E-state index >= 15 is 0 Å². The maximum Gasteiger partial charge on any atom is 0.416 e. The summed E-state index contributed by atoms with van der Waals surface area (Å²) in [5.41, 5.74) is 0.728. The molecule has 0 bridgehead atoms. The van der Waals surface area contributed by atoms with Crippen LogP contribution in [0.3, 0.4) is 0 Å². The van der Waals surface area contributed by atoms with Crippen LogP contribution in [0.5, 0.6) is 5.75 Å². The van der Waals surface area contributed by atoms with Gasteiger partial charge >= 0.3 is 6.18 Å². The highest BCUT2D eigenvalue weighted by Gasteiger charge is 2.31. The number of aromatic nitrogens is 3. The van der Waals surface area contributed by atoms with Crippen molar-refractivity contribution >= 4 is 22.8 Å². The maximum atomic E-state index is 13.0. The number of alkyl halides is 3. The smallest absolute Gasteiger partial charge is 0.416 e. The number of hydrogen-bond acceptors (Lipinski definition) is 5. The van der Waals surface area contributed by atoms with E-state index in [0.717, 1.165) is 12.1 Å². The number of fused-ring (bicyclic) bond motifs is 1. The Morgan fingerprint density at radius 3 is 2.69 bits per heavy atom. The average Bonchev–Trinajstić information content (AvgIpc) is 2.97. The number of nitrogens with zero attached hydrogens (tertiary/aromatic N) is 3. The lowest BCUT2D eigenvalue weighted by molar-refractivity contribution is -0.137. The number of thioether (sulfide) groups is 1. The van der Waals surface area contributed by atoms with Gasteiger partial charge in [-0.25, -0.2) is 9.97 Å². The average molecular weight is 383 g/mol. The van der Waals surface area contributed by atoms with Crippen molar-refractivity contribution in [3.63, 3.8) is 0 Å². The minimum absolute atomic E-state index is 0.124. The molecule has 1 N–H and O–H groups in total. The lowest BCUT2D eigenvalue weighted by Gasteiger charge is -2.14. The highest BCUT2D eigenvalue weighted by atomic mass is 32.2. The van der Waals surface area contributed by atoms with Gasteiger partial charge in [-0.3, -0.25) is 4.57 Å². The first kappa shape index (κ1) is 18.5. The van der Waals surface area contributed by atoms with Crippen molar-refractivity contribution < 1.29 is 23.0 Å². The number of imidazole rings is 1. The predicted molar refractivity (Wildman–Crippen MR) is 93.0 cm³/mol. The molecule has 1 aromatic carbocycles. The minimum Gasteiger partial charge on any atom is -0.491 e. The van der Waals surface area contributed by atoms with E-state index < -0.39 is 11.7 Å². The molecule has 0 spiro atoms. The molecule has 5 nitrogen and oxygen atoms in total. The summed E-state index contributed by atoms with van der Waals surface area (Å²) in [5.74, 6) is 1.07. The Kier molecular flexibility index (Phi) is 5.10. The molecule has 2 aromatic heterocycles. The summed E-state index contributed by atoms with van der Waals surface area (Å²) in [7, 11) is 0. The van der Waals surface area contributed by atoms with Crippen molar-refractivity contribution in [2.45, 2.75) is 18.3 Å². The second-order valence-corrected chi connectivity index (χ2v) is 6.24.